The maximum Gasteiger partial charge on any atom is 0.417 e. The van der Waals surface area contributed by atoms with Crippen LogP contribution in [-0.4, -0.2) is 34.0 Å². The third kappa shape index (κ3) is 4.24. The Balaban J connectivity index is 1.84. The van der Waals surface area contributed by atoms with Crippen LogP contribution in [0.15, 0.2) is 36.5 Å². The summed E-state index contributed by atoms with van der Waals surface area (Å²) in [6, 6.07) is 10.3. The van der Waals surface area contributed by atoms with Crippen molar-refractivity contribution in [2.45, 2.75) is 59.0 Å². The third-order valence-corrected chi connectivity index (χ3v) is 4.73. The number of aromatic nitrogens is 1. The number of ether oxygens (including phenoxy) is 1. The predicted molar refractivity (Wildman–Crippen MR) is 109 cm³/mol. The molecule has 0 radical (unpaired) electrons. The molecule has 0 saturated carbocycles. The monoisotopic (exact) mass is 380 g/mol. The van der Waals surface area contributed by atoms with Crippen LogP contribution in [0.2, 0.25) is 0 Å². The van der Waals surface area contributed by atoms with E-state index < -0.39 is 11.7 Å². The molecule has 0 saturated heterocycles. The number of benzene rings is 1. The van der Waals surface area contributed by atoms with E-state index in [1.807, 2.05) is 6.07 Å². The first-order chi connectivity index (χ1) is 13.0. The maximum absolute atomic E-state index is 12.7. The summed E-state index contributed by atoms with van der Waals surface area (Å²) in [5.74, 6) is -0.349. The number of imide groups is 1. The normalized spacial score (nSPS) is 14.6. The Bertz CT molecular complexity index is 903. The van der Waals surface area contributed by atoms with Crippen molar-refractivity contribution in [3.63, 3.8) is 0 Å². The minimum absolute atomic E-state index is 0.0966. The molecule has 0 N–H and O–H groups in total. The lowest BCUT2D eigenvalue weighted by molar-refractivity contribution is 0.0233. The van der Waals surface area contributed by atoms with E-state index in [4.69, 9.17) is 4.74 Å². The molecule has 0 unspecified atom stereocenters. The van der Waals surface area contributed by atoms with Gasteiger partial charge in [-0.25, -0.2) is 9.69 Å². The molecule has 1 aromatic carbocycles. The zero-order chi connectivity index (χ0) is 20.7. The van der Waals surface area contributed by atoms with Crippen LogP contribution in [0.3, 0.4) is 0 Å². The number of carbonyl (C=O) groups is 2. The molecule has 0 atom stereocenters. The van der Waals surface area contributed by atoms with Crippen LogP contribution < -0.4 is 0 Å². The summed E-state index contributed by atoms with van der Waals surface area (Å²) in [6.45, 7) is 12.2. The summed E-state index contributed by atoms with van der Waals surface area (Å²) in [4.78, 5) is 30.7. The quantitative estimate of drug-likeness (QED) is 0.700. The number of amides is 2. The molecule has 5 nitrogen and oxygen atoms in total. The highest BCUT2D eigenvalue weighted by Gasteiger charge is 2.32. The number of rotatable bonds is 1. The number of pyridine rings is 1. The van der Waals surface area contributed by atoms with Crippen molar-refractivity contribution in [1.82, 2.24) is 9.88 Å². The van der Waals surface area contributed by atoms with Crippen LogP contribution in [0.1, 0.15) is 63.0 Å². The summed E-state index contributed by atoms with van der Waals surface area (Å²) in [5, 5.41) is 0. The van der Waals surface area contributed by atoms with Crippen molar-refractivity contribution < 1.29 is 14.3 Å². The number of carbonyl (C=O) groups excluding carboxylic acids is 2. The standard InChI is InChI=1S/C23H28N2O3/c1-22(2,3)17-9-7-15(8-10-17)19-13-16-11-12-25(20(26)18(16)14-24-19)21(27)28-23(4,5)6/h7-10,13-14H,11-12H2,1-6H3. The minimum atomic E-state index is -0.640. The number of hydrogen-bond donors (Lipinski definition) is 0. The minimum Gasteiger partial charge on any atom is -0.443 e. The molecule has 5 heteroatoms. The fourth-order valence-electron chi connectivity index (χ4n) is 3.17. The predicted octanol–water partition coefficient (Wildman–Crippen LogP) is 4.98. The molecule has 0 spiro atoms. The molecule has 148 valence electrons. The summed E-state index contributed by atoms with van der Waals surface area (Å²) in [7, 11) is 0. The van der Waals surface area contributed by atoms with Crippen molar-refractivity contribution in [1.29, 1.82) is 0 Å². The van der Waals surface area contributed by atoms with Crippen LogP contribution in [0.5, 0.6) is 0 Å². The second-order valence-corrected chi connectivity index (χ2v) is 9.24. The molecule has 3 rings (SSSR count). The average molecular weight is 380 g/mol. The van der Waals surface area contributed by atoms with Gasteiger partial charge in [-0.3, -0.25) is 9.78 Å². The highest BCUT2D eigenvalue weighted by Crippen LogP contribution is 2.28. The van der Waals surface area contributed by atoms with E-state index in [1.165, 1.54) is 5.56 Å². The maximum atomic E-state index is 12.7. The molecular formula is C23H28N2O3. The van der Waals surface area contributed by atoms with Gasteiger partial charge in [0.2, 0.25) is 0 Å². The number of fused-ring (bicyclic) bond motifs is 1. The fraction of sp³-hybridized carbons (Fsp3) is 0.435. The lowest BCUT2D eigenvalue weighted by atomic mass is 9.86. The molecule has 2 aromatic rings. The van der Waals surface area contributed by atoms with E-state index >= 15 is 0 Å². The Morgan fingerprint density at radius 2 is 1.71 bits per heavy atom. The highest BCUT2D eigenvalue weighted by atomic mass is 16.6. The highest BCUT2D eigenvalue weighted by molar-refractivity contribution is 6.04. The molecule has 0 fully saturated rings. The van der Waals surface area contributed by atoms with Crippen LogP contribution >= 0.6 is 0 Å². The largest absolute Gasteiger partial charge is 0.443 e. The molecule has 0 aliphatic carbocycles. The Kier molecular flexibility index (Phi) is 5.04. The van der Waals surface area contributed by atoms with Crippen LogP contribution in [0, 0.1) is 0 Å². The van der Waals surface area contributed by atoms with Gasteiger partial charge in [-0.05, 0) is 49.8 Å². The van der Waals surface area contributed by atoms with E-state index in [-0.39, 0.29) is 11.3 Å². The lowest BCUT2D eigenvalue weighted by Crippen LogP contribution is -2.44. The van der Waals surface area contributed by atoms with Crippen molar-refractivity contribution in [2.24, 2.45) is 0 Å². The van der Waals surface area contributed by atoms with Crippen molar-refractivity contribution >= 4 is 12.0 Å². The van der Waals surface area contributed by atoms with Gasteiger partial charge in [0.15, 0.2) is 0 Å². The molecule has 1 aliphatic rings. The van der Waals surface area contributed by atoms with E-state index in [1.54, 1.807) is 27.0 Å². The van der Waals surface area contributed by atoms with Gasteiger partial charge in [0.25, 0.3) is 5.91 Å². The first-order valence-corrected chi connectivity index (χ1v) is 9.60. The molecule has 2 heterocycles. The average Bonchev–Trinajstić information content (AvgIpc) is 2.59. The Hall–Kier alpha value is -2.69. The van der Waals surface area contributed by atoms with Gasteiger partial charge in [0, 0.05) is 18.3 Å². The third-order valence-electron chi connectivity index (χ3n) is 4.73. The summed E-state index contributed by atoms with van der Waals surface area (Å²) < 4.78 is 5.34. The Morgan fingerprint density at radius 3 is 2.29 bits per heavy atom. The molecule has 0 bridgehead atoms. The second kappa shape index (κ2) is 7.04. The van der Waals surface area contributed by atoms with Gasteiger partial charge < -0.3 is 4.74 Å². The molecule has 1 aromatic heterocycles. The fourth-order valence-corrected chi connectivity index (χ4v) is 3.17. The number of nitrogens with zero attached hydrogens (tertiary/aromatic N) is 2. The SMILES string of the molecule is CC(C)(C)OC(=O)N1CCc2cc(-c3ccc(C(C)(C)C)cc3)ncc2C1=O. The lowest BCUT2D eigenvalue weighted by Gasteiger charge is -2.29. The van der Waals surface area contributed by atoms with E-state index in [9.17, 15) is 9.59 Å². The Morgan fingerprint density at radius 1 is 1.07 bits per heavy atom. The molecule has 1 aliphatic heterocycles. The second-order valence-electron chi connectivity index (χ2n) is 9.24. The Labute approximate surface area is 166 Å². The van der Waals surface area contributed by atoms with Gasteiger partial charge in [-0.1, -0.05) is 45.0 Å². The summed E-state index contributed by atoms with van der Waals surface area (Å²) >= 11 is 0. The number of hydrogen-bond acceptors (Lipinski definition) is 4. The van der Waals surface area contributed by atoms with Gasteiger partial charge in [-0.15, -0.1) is 0 Å². The van der Waals surface area contributed by atoms with Crippen molar-refractivity contribution in [3.05, 3.63) is 53.2 Å². The van der Waals surface area contributed by atoms with Gasteiger partial charge in [-0.2, -0.15) is 0 Å². The van der Waals surface area contributed by atoms with Crippen LogP contribution in [0.4, 0.5) is 4.79 Å². The van der Waals surface area contributed by atoms with Gasteiger partial charge in [0.1, 0.15) is 5.60 Å². The molecule has 2 amide bonds. The first-order valence-electron chi connectivity index (χ1n) is 9.60. The van der Waals surface area contributed by atoms with E-state index in [0.29, 0.717) is 18.5 Å². The van der Waals surface area contributed by atoms with E-state index in [2.05, 4.69) is 50.0 Å². The van der Waals surface area contributed by atoms with Crippen LogP contribution in [-0.2, 0) is 16.6 Å². The summed E-state index contributed by atoms with van der Waals surface area (Å²) in [5.41, 5.74) is 3.94. The molecule has 28 heavy (non-hydrogen) atoms. The zero-order valence-corrected chi connectivity index (χ0v) is 17.5. The smallest absolute Gasteiger partial charge is 0.417 e. The zero-order valence-electron chi connectivity index (χ0n) is 17.5. The summed E-state index contributed by atoms with van der Waals surface area (Å²) in [6.07, 6.45) is 1.56. The molecular weight excluding hydrogens is 352 g/mol. The first kappa shape index (κ1) is 20.1. The van der Waals surface area contributed by atoms with Crippen LogP contribution in [0.25, 0.3) is 11.3 Å². The topological polar surface area (TPSA) is 59.5 Å². The van der Waals surface area contributed by atoms with Crippen molar-refractivity contribution in [2.75, 3.05) is 6.54 Å². The van der Waals surface area contributed by atoms with E-state index in [0.717, 1.165) is 21.7 Å². The van der Waals surface area contributed by atoms with Gasteiger partial charge in [0.05, 0.1) is 11.3 Å². The van der Waals surface area contributed by atoms with Gasteiger partial charge >= 0.3 is 6.09 Å². The van der Waals surface area contributed by atoms with Crippen molar-refractivity contribution in [3.8, 4) is 11.3 Å².